The smallest absolute Gasteiger partial charge is 0.260 e. The number of H-pyrrole nitrogens is 1. The molecule has 0 bridgehead atoms. The molecule has 1 N–H and O–H groups in total. The molecule has 4 aromatic rings. The Bertz CT molecular complexity index is 1100. The molecule has 3 aromatic heterocycles. The SMILES string of the molecule is COc1cccc(SC(C)c2nc3scc(-c4cccs4)c3c(=O)[nH]2)c1. The molecule has 1 unspecified atom stereocenters. The number of thiophene rings is 2. The van der Waals surface area contributed by atoms with Gasteiger partial charge >= 0.3 is 0 Å². The first kappa shape index (κ1) is 17.3. The molecule has 4 rings (SSSR count). The molecule has 1 atom stereocenters. The van der Waals surface area contributed by atoms with Crippen LogP contribution in [0.5, 0.6) is 5.75 Å². The summed E-state index contributed by atoms with van der Waals surface area (Å²) >= 11 is 4.79. The lowest BCUT2D eigenvalue weighted by atomic mass is 10.2. The van der Waals surface area contributed by atoms with Gasteiger partial charge in [-0.15, -0.1) is 34.4 Å². The second-order valence-corrected chi connectivity index (χ2v) is 8.92. The number of hydrogen-bond acceptors (Lipinski definition) is 6. The Morgan fingerprint density at radius 1 is 1.23 bits per heavy atom. The highest BCUT2D eigenvalue weighted by molar-refractivity contribution is 7.99. The Kier molecular flexibility index (Phi) is 4.84. The van der Waals surface area contributed by atoms with Crippen molar-refractivity contribution in [3.8, 4) is 16.2 Å². The minimum Gasteiger partial charge on any atom is -0.497 e. The third-order valence-corrected chi connectivity index (χ3v) is 6.87. The monoisotopic (exact) mass is 400 g/mol. The molecule has 7 heteroatoms. The fourth-order valence-electron chi connectivity index (χ4n) is 2.71. The fourth-order valence-corrected chi connectivity index (χ4v) is 5.45. The predicted octanol–water partition coefficient (Wildman–Crippen LogP) is 5.58. The van der Waals surface area contributed by atoms with E-state index in [1.54, 1.807) is 30.2 Å². The molecule has 0 aliphatic carbocycles. The van der Waals surface area contributed by atoms with Crippen LogP contribution in [0.3, 0.4) is 0 Å². The first-order chi connectivity index (χ1) is 12.7. The Labute approximate surface area is 162 Å². The number of aromatic nitrogens is 2. The third kappa shape index (κ3) is 3.30. The number of thioether (sulfide) groups is 1. The van der Waals surface area contributed by atoms with E-state index in [1.165, 1.54) is 11.3 Å². The topological polar surface area (TPSA) is 55.0 Å². The van der Waals surface area contributed by atoms with Gasteiger partial charge in [0.15, 0.2) is 0 Å². The lowest BCUT2D eigenvalue weighted by Gasteiger charge is -2.11. The van der Waals surface area contributed by atoms with Crippen molar-refractivity contribution < 1.29 is 4.74 Å². The van der Waals surface area contributed by atoms with Gasteiger partial charge in [-0.25, -0.2) is 4.98 Å². The van der Waals surface area contributed by atoms with Crippen molar-refractivity contribution in [3.63, 3.8) is 0 Å². The van der Waals surface area contributed by atoms with Crippen LogP contribution in [0, 0.1) is 0 Å². The second-order valence-electron chi connectivity index (χ2n) is 5.70. The second kappa shape index (κ2) is 7.26. The van der Waals surface area contributed by atoms with Crippen molar-refractivity contribution in [2.24, 2.45) is 0 Å². The molecule has 0 spiro atoms. The Hall–Kier alpha value is -2.09. The van der Waals surface area contributed by atoms with E-state index in [0.29, 0.717) is 11.2 Å². The van der Waals surface area contributed by atoms with Gasteiger partial charge in [0.1, 0.15) is 16.4 Å². The van der Waals surface area contributed by atoms with E-state index in [2.05, 4.69) is 4.98 Å². The van der Waals surface area contributed by atoms with Crippen LogP contribution in [-0.4, -0.2) is 17.1 Å². The fraction of sp³-hybridized carbons (Fsp3) is 0.158. The Morgan fingerprint density at radius 2 is 2.12 bits per heavy atom. The number of fused-ring (bicyclic) bond motifs is 1. The Morgan fingerprint density at radius 3 is 2.88 bits per heavy atom. The van der Waals surface area contributed by atoms with E-state index in [1.807, 2.05) is 54.1 Å². The number of benzene rings is 1. The van der Waals surface area contributed by atoms with Crippen molar-refractivity contribution in [2.45, 2.75) is 17.1 Å². The molecular formula is C19H16N2O2S3. The van der Waals surface area contributed by atoms with Gasteiger partial charge in [0, 0.05) is 20.7 Å². The molecule has 0 fully saturated rings. The summed E-state index contributed by atoms with van der Waals surface area (Å²) in [5, 5.41) is 4.73. The first-order valence-corrected chi connectivity index (χ1v) is 10.7. The zero-order chi connectivity index (χ0) is 18.1. The molecule has 26 heavy (non-hydrogen) atoms. The largest absolute Gasteiger partial charge is 0.497 e. The van der Waals surface area contributed by atoms with E-state index in [0.717, 1.165) is 25.9 Å². The molecule has 132 valence electrons. The zero-order valence-corrected chi connectivity index (χ0v) is 16.6. The molecule has 3 heterocycles. The molecule has 4 nitrogen and oxygen atoms in total. The van der Waals surface area contributed by atoms with Crippen LogP contribution in [0.15, 0.2) is 56.8 Å². The number of nitrogens with zero attached hydrogens (tertiary/aromatic N) is 1. The van der Waals surface area contributed by atoms with Crippen molar-refractivity contribution in [3.05, 3.63) is 63.3 Å². The summed E-state index contributed by atoms with van der Waals surface area (Å²) in [6, 6.07) is 11.9. The lowest BCUT2D eigenvalue weighted by Crippen LogP contribution is -2.12. The maximum atomic E-state index is 12.7. The summed E-state index contributed by atoms with van der Waals surface area (Å²) in [5.41, 5.74) is 0.890. The van der Waals surface area contributed by atoms with Crippen LogP contribution >= 0.6 is 34.4 Å². The van der Waals surface area contributed by atoms with Gasteiger partial charge in [0.25, 0.3) is 5.56 Å². The quantitative estimate of drug-likeness (QED) is 0.445. The summed E-state index contributed by atoms with van der Waals surface area (Å²) in [5.74, 6) is 1.51. The molecule has 0 amide bonds. The van der Waals surface area contributed by atoms with E-state index in [9.17, 15) is 4.79 Å². The minimum atomic E-state index is -0.0762. The van der Waals surface area contributed by atoms with Crippen LogP contribution in [-0.2, 0) is 0 Å². The van der Waals surface area contributed by atoms with Crippen molar-refractivity contribution >= 4 is 44.7 Å². The normalized spacial score (nSPS) is 12.4. The number of ether oxygens (including phenoxy) is 1. The highest BCUT2D eigenvalue weighted by atomic mass is 32.2. The number of nitrogens with one attached hydrogen (secondary N) is 1. The van der Waals surface area contributed by atoms with Gasteiger partial charge in [0.05, 0.1) is 17.7 Å². The maximum Gasteiger partial charge on any atom is 0.260 e. The van der Waals surface area contributed by atoms with Crippen LogP contribution in [0.4, 0.5) is 0 Å². The zero-order valence-electron chi connectivity index (χ0n) is 14.2. The highest BCUT2D eigenvalue weighted by Crippen LogP contribution is 2.37. The van der Waals surface area contributed by atoms with Crippen LogP contribution < -0.4 is 10.3 Å². The van der Waals surface area contributed by atoms with Gasteiger partial charge in [-0.3, -0.25) is 4.79 Å². The average Bonchev–Trinajstić information content (AvgIpc) is 3.31. The average molecular weight is 401 g/mol. The molecule has 0 aliphatic heterocycles. The Balaban J connectivity index is 1.68. The van der Waals surface area contributed by atoms with E-state index < -0.39 is 0 Å². The van der Waals surface area contributed by atoms with Gasteiger partial charge in [-0.05, 0) is 36.6 Å². The molecule has 0 saturated heterocycles. The van der Waals surface area contributed by atoms with Crippen molar-refractivity contribution in [2.75, 3.05) is 7.11 Å². The number of methoxy groups -OCH3 is 1. The van der Waals surface area contributed by atoms with Crippen LogP contribution in [0.1, 0.15) is 18.0 Å². The van der Waals surface area contributed by atoms with E-state index in [-0.39, 0.29) is 10.8 Å². The third-order valence-electron chi connectivity index (χ3n) is 3.99. The summed E-state index contributed by atoms with van der Waals surface area (Å²) in [7, 11) is 1.65. The first-order valence-electron chi connectivity index (χ1n) is 8.01. The van der Waals surface area contributed by atoms with Crippen LogP contribution in [0.25, 0.3) is 20.7 Å². The predicted molar refractivity (Wildman–Crippen MR) is 111 cm³/mol. The minimum absolute atomic E-state index is 0.0199. The number of hydrogen-bond donors (Lipinski definition) is 1. The maximum absolute atomic E-state index is 12.7. The number of rotatable bonds is 5. The van der Waals surface area contributed by atoms with Crippen molar-refractivity contribution in [1.82, 2.24) is 9.97 Å². The van der Waals surface area contributed by atoms with Gasteiger partial charge in [-0.1, -0.05) is 12.1 Å². The molecule has 1 aromatic carbocycles. The van der Waals surface area contributed by atoms with Gasteiger partial charge in [-0.2, -0.15) is 0 Å². The van der Waals surface area contributed by atoms with Crippen LogP contribution in [0.2, 0.25) is 0 Å². The summed E-state index contributed by atoms with van der Waals surface area (Å²) in [6.07, 6.45) is 0. The van der Waals surface area contributed by atoms with Gasteiger partial charge < -0.3 is 9.72 Å². The standard InChI is InChI=1S/C19H16N2O2S3/c1-11(26-13-6-3-5-12(9-13)23-2)17-20-18(22)16-14(10-25-19(16)21-17)15-7-4-8-24-15/h3-11H,1-2H3,(H,20,21,22). The molecule has 0 aliphatic rings. The number of aromatic amines is 1. The summed E-state index contributed by atoms with van der Waals surface area (Å²) < 4.78 is 5.27. The molecule has 0 saturated carbocycles. The molecule has 0 radical (unpaired) electrons. The van der Waals surface area contributed by atoms with E-state index >= 15 is 0 Å². The molecular weight excluding hydrogens is 384 g/mol. The van der Waals surface area contributed by atoms with Gasteiger partial charge in [0.2, 0.25) is 0 Å². The highest BCUT2D eigenvalue weighted by Gasteiger charge is 2.17. The summed E-state index contributed by atoms with van der Waals surface area (Å²) in [6.45, 7) is 2.04. The summed E-state index contributed by atoms with van der Waals surface area (Å²) in [4.78, 5) is 23.4. The van der Waals surface area contributed by atoms with E-state index in [4.69, 9.17) is 9.72 Å². The lowest BCUT2D eigenvalue weighted by molar-refractivity contribution is 0.413. The van der Waals surface area contributed by atoms with Crippen molar-refractivity contribution in [1.29, 1.82) is 0 Å².